The van der Waals surface area contributed by atoms with Crippen LogP contribution in [0.25, 0.3) is 5.57 Å². The second-order valence-electron chi connectivity index (χ2n) is 10.2. The van der Waals surface area contributed by atoms with Crippen LogP contribution in [-0.4, -0.2) is 49.3 Å². The van der Waals surface area contributed by atoms with Crippen molar-refractivity contribution >= 4 is 39.7 Å². The standard InChI is InChI=1S/C26H31ClN4O2S/c27-19-7-5-17(6-8-19)18-14-20-9-10-21(15-18)31(20)25-28-22-4-1-2-13-34(33)23(22)24(29-25)30-26(16-32)11-3-12-26/h5-8,14,20-21,32H,1-4,9-13,15-16H2,(H,28,29,30)/t20?,21?,34-/m1/s1. The molecule has 2 bridgehead atoms. The molecule has 1 saturated heterocycles. The van der Waals surface area contributed by atoms with Gasteiger partial charge < -0.3 is 15.3 Å². The molecule has 1 aromatic carbocycles. The highest BCUT2D eigenvalue weighted by atomic mass is 35.5. The average molecular weight is 499 g/mol. The highest BCUT2D eigenvalue weighted by Gasteiger charge is 2.41. The number of hydrogen-bond donors (Lipinski definition) is 2. The molecule has 4 heterocycles. The Kier molecular flexibility index (Phi) is 5.90. The molecule has 8 heteroatoms. The third kappa shape index (κ3) is 3.95. The van der Waals surface area contributed by atoms with Crippen LogP contribution in [0.2, 0.25) is 5.02 Å². The lowest BCUT2D eigenvalue weighted by atomic mass is 9.77. The molecule has 1 aliphatic carbocycles. The second kappa shape index (κ2) is 8.92. The number of aliphatic hydroxyl groups excluding tert-OH is 1. The van der Waals surface area contributed by atoms with Gasteiger partial charge in [0.2, 0.25) is 5.95 Å². The maximum atomic E-state index is 13.2. The number of anilines is 2. The first-order chi connectivity index (χ1) is 16.5. The number of rotatable bonds is 5. The fraction of sp³-hybridized carbons (Fsp3) is 0.538. The van der Waals surface area contributed by atoms with Gasteiger partial charge >= 0.3 is 0 Å². The van der Waals surface area contributed by atoms with Gasteiger partial charge in [-0.05, 0) is 81.1 Å². The van der Waals surface area contributed by atoms with Crippen LogP contribution in [0.3, 0.4) is 0 Å². The van der Waals surface area contributed by atoms with Crippen molar-refractivity contribution in [2.75, 3.05) is 22.6 Å². The van der Waals surface area contributed by atoms with Gasteiger partial charge in [0, 0.05) is 16.8 Å². The predicted octanol–water partition coefficient (Wildman–Crippen LogP) is 4.73. The Morgan fingerprint density at radius 2 is 1.97 bits per heavy atom. The van der Waals surface area contributed by atoms with Crippen LogP contribution >= 0.6 is 11.6 Å². The molecule has 6 nitrogen and oxygen atoms in total. The Morgan fingerprint density at radius 3 is 2.68 bits per heavy atom. The maximum absolute atomic E-state index is 13.2. The van der Waals surface area contributed by atoms with E-state index in [1.807, 2.05) is 12.1 Å². The first-order valence-corrected chi connectivity index (χ1v) is 14.2. The number of aryl methyl sites for hydroxylation is 1. The molecule has 6 rings (SSSR count). The van der Waals surface area contributed by atoms with Crippen molar-refractivity contribution in [1.29, 1.82) is 0 Å². The molecule has 3 aliphatic heterocycles. The SMILES string of the molecule is O=[S@@]1CCCCc2nc(N3C4C=C(c5ccc(Cl)cc5)CC3CC4)nc(NC3(CO)CCC3)c21. The summed E-state index contributed by atoms with van der Waals surface area (Å²) in [5, 5.41) is 14.4. The first kappa shape index (κ1) is 22.5. The van der Waals surface area contributed by atoms with Crippen LogP contribution in [0.1, 0.15) is 62.6 Å². The van der Waals surface area contributed by atoms with Crippen LogP contribution in [0.15, 0.2) is 35.2 Å². The van der Waals surface area contributed by atoms with Crippen LogP contribution in [-0.2, 0) is 17.2 Å². The topological polar surface area (TPSA) is 78.4 Å². The number of hydrogen-bond acceptors (Lipinski definition) is 6. The largest absolute Gasteiger partial charge is 0.394 e. The van der Waals surface area contributed by atoms with Crippen molar-refractivity contribution < 1.29 is 9.32 Å². The zero-order valence-corrected chi connectivity index (χ0v) is 20.9. The Bertz CT molecular complexity index is 1140. The van der Waals surface area contributed by atoms with Crippen molar-refractivity contribution in [1.82, 2.24) is 9.97 Å². The van der Waals surface area contributed by atoms with E-state index in [0.717, 1.165) is 79.3 Å². The molecule has 0 radical (unpaired) electrons. The van der Waals surface area contributed by atoms with E-state index < -0.39 is 10.8 Å². The lowest BCUT2D eigenvalue weighted by molar-refractivity contribution is 0.143. The van der Waals surface area contributed by atoms with Gasteiger partial charge in [0.25, 0.3) is 0 Å². The first-order valence-electron chi connectivity index (χ1n) is 12.5. The smallest absolute Gasteiger partial charge is 0.228 e. The molecular formula is C26H31ClN4O2S. The van der Waals surface area contributed by atoms with Gasteiger partial charge in [-0.15, -0.1) is 0 Å². The van der Waals surface area contributed by atoms with E-state index in [1.165, 1.54) is 11.1 Å². The molecule has 4 aliphatic rings. The van der Waals surface area contributed by atoms with E-state index in [4.69, 9.17) is 21.6 Å². The zero-order chi connectivity index (χ0) is 23.3. The highest BCUT2D eigenvalue weighted by Crippen LogP contribution is 2.43. The third-order valence-electron chi connectivity index (χ3n) is 7.98. The normalized spacial score (nSPS) is 27.4. The molecule has 2 aromatic rings. The van der Waals surface area contributed by atoms with E-state index in [2.05, 4.69) is 28.4 Å². The molecule has 180 valence electrons. The van der Waals surface area contributed by atoms with Crippen molar-refractivity contribution in [2.24, 2.45) is 0 Å². The van der Waals surface area contributed by atoms with Gasteiger partial charge in [0.05, 0.1) is 34.7 Å². The Hall–Kier alpha value is -1.96. The minimum Gasteiger partial charge on any atom is -0.394 e. The number of fused-ring (bicyclic) bond motifs is 3. The van der Waals surface area contributed by atoms with Gasteiger partial charge in [-0.25, -0.2) is 4.98 Å². The molecule has 0 spiro atoms. The summed E-state index contributed by atoms with van der Waals surface area (Å²) in [6.07, 6.45) is 11.2. The van der Waals surface area contributed by atoms with E-state index in [0.29, 0.717) is 17.6 Å². The number of aliphatic hydroxyl groups is 1. The minimum atomic E-state index is -1.12. The number of benzene rings is 1. The van der Waals surface area contributed by atoms with Crippen LogP contribution in [0, 0.1) is 0 Å². The van der Waals surface area contributed by atoms with Gasteiger partial charge in [-0.1, -0.05) is 29.8 Å². The van der Waals surface area contributed by atoms with Crippen molar-refractivity contribution in [3.63, 3.8) is 0 Å². The zero-order valence-electron chi connectivity index (χ0n) is 19.3. The van der Waals surface area contributed by atoms with Crippen molar-refractivity contribution in [3.8, 4) is 0 Å². The third-order valence-corrected chi connectivity index (χ3v) is 9.78. The summed E-state index contributed by atoms with van der Waals surface area (Å²) in [4.78, 5) is 13.2. The van der Waals surface area contributed by atoms with E-state index in [-0.39, 0.29) is 18.2 Å². The summed E-state index contributed by atoms with van der Waals surface area (Å²) in [6, 6.07) is 8.72. The molecule has 2 N–H and O–H groups in total. The van der Waals surface area contributed by atoms with Crippen LogP contribution in [0.4, 0.5) is 11.8 Å². The number of halogens is 1. The summed E-state index contributed by atoms with van der Waals surface area (Å²) in [6.45, 7) is 0.0654. The van der Waals surface area contributed by atoms with E-state index >= 15 is 0 Å². The molecule has 0 amide bonds. The van der Waals surface area contributed by atoms with Gasteiger partial charge in [0.15, 0.2) is 0 Å². The number of nitrogens with one attached hydrogen (secondary N) is 1. The monoisotopic (exact) mass is 498 g/mol. The molecule has 3 atom stereocenters. The van der Waals surface area contributed by atoms with Gasteiger partial charge in [0.1, 0.15) is 10.7 Å². The summed E-state index contributed by atoms with van der Waals surface area (Å²) < 4.78 is 13.2. The maximum Gasteiger partial charge on any atom is 0.228 e. The summed E-state index contributed by atoms with van der Waals surface area (Å²) in [5.74, 6) is 2.07. The Labute approximate surface area is 208 Å². The minimum absolute atomic E-state index is 0.0654. The number of aromatic nitrogens is 2. The summed E-state index contributed by atoms with van der Waals surface area (Å²) in [7, 11) is -1.12. The molecule has 2 fully saturated rings. The van der Waals surface area contributed by atoms with E-state index in [9.17, 15) is 9.32 Å². The quantitative estimate of drug-likeness (QED) is 0.620. The van der Waals surface area contributed by atoms with Gasteiger partial charge in [-0.3, -0.25) is 4.21 Å². The summed E-state index contributed by atoms with van der Waals surface area (Å²) in [5.41, 5.74) is 3.17. The molecule has 1 aromatic heterocycles. The molecule has 1 saturated carbocycles. The fourth-order valence-electron chi connectivity index (χ4n) is 5.92. The lowest BCUT2D eigenvalue weighted by Crippen LogP contribution is -2.49. The van der Waals surface area contributed by atoms with Crippen LogP contribution in [0.5, 0.6) is 0 Å². The molecule has 34 heavy (non-hydrogen) atoms. The lowest BCUT2D eigenvalue weighted by Gasteiger charge is -2.42. The summed E-state index contributed by atoms with van der Waals surface area (Å²) >= 11 is 6.10. The molecular weight excluding hydrogens is 468 g/mol. The van der Waals surface area contributed by atoms with Crippen molar-refractivity contribution in [3.05, 3.63) is 46.6 Å². The Morgan fingerprint density at radius 1 is 1.15 bits per heavy atom. The van der Waals surface area contributed by atoms with Crippen LogP contribution < -0.4 is 10.2 Å². The second-order valence-corrected chi connectivity index (χ2v) is 12.1. The number of nitrogens with zero attached hydrogens (tertiary/aromatic N) is 3. The average Bonchev–Trinajstić information content (AvgIpc) is 2.96. The molecule has 2 unspecified atom stereocenters. The Balaban J connectivity index is 1.38. The highest BCUT2D eigenvalue weighted by molar-refractivity contribution is 7.85. The van der Waals surface area contributed by atoms with Crippen molar-refractivity contribution in [2.45, 2.75) is 80.3 Å². The van der Waals surface area contributed by atoms with Gasteiger partial charge in [-0.2, -0.15) is 4.98 Å². The fourth-order valence-corrected chi connectivity index (χ4v) is 7.44. The van der Waals surface area contributed by atoms with E-state index in [1.54, 1.807) is 0 Å². The predicted molar refractivity (Wildman–Crippen MR) is 137 cm³/mol.